The van der Waals surface area contributed by atoms with Crippen LogP contribution in [-0.4, -0.2) is 80.9 Å². The van der Waals surface area contributed by atoms with Crippen LogP contribution in [0.25, 0.3) is 0 Å². The smallest absolute Gasteiger partial charge is 0.251 e. The van der Waals surface area contributed by atoms with Gasteiger partial charge in [0.05, 0.1) is 29.6 Å². The maximum atomic E-state index is 13.7. The Morgan fingerprint density at radius 2 is 1.48 bits per heavy atom. The van der Waals surface area contributed by atoms with Crippen molar-refractivity contribution < 1.29 is 23.1 Å². The van der Waals surface area contributed by atoms with Crippen LogP contribution in [0.1, 0.15) is 71.0 Å². The third-order valence-corrected chi connectivity index (χ3v) is 9.55. The second kappa shape index (κ2) is 17.2. The number of nitrogens with one attached hydrogen (secondary N) is 4. The Kier molecular flexibility index (Phi) is 13.1. The summed E-state index contributed by atoms with van der Waals surface area (Å²) in [6.45, 7) is 7.45. The van der Waals surface area contributed by atoms with Gasteiger partial charge < -0.3 is 26.0 Å². The van der Waals surface area contributed by atoms with Gasteiger partial charge in [-0.3, -0.25) is 14.3 Å². The lowest BCUT2D eigenvalue weighted by Gasteiger charge is -2.28. The van der Waals surface area contributed by atoms with Crippen LogP contribution >= 0.6 is 0 Å². The third kappa shape index (κ3) is 10.9. The van der Waals surface area contributed by atoms with Crippen LogP contribution in [0.15, 0.2) is 78.9 Å². The fourth-order valence-corrected chi connectivity index (χ4v) is 6.14. The summed E-state index contributed by atoms with van der Waals surface area (Å²) in [5, 5.41) is 20.5. The number of anilines is 1. The molecule has 0 spiro atoms. The van der Waals surface area contributed by atoms with Crippen LogP contribution in [0.5, 0.6) is 0 Å². The number of likely N-dealkylation sites (tertiary alicyclic amines) is 1. The summed E-state index contributed by atoms with van der Waals surface area (Å²) in [6, 6.07) is 22.3. The number of benzene rings is 3. The van der Waals surface area contributed by atoms with E-state index in [9.17, 15) is 23.1 Å². The number of sulfonamides is 1. The zero-order valence-corrected chi connectivity index (χ0v) is 27.6. The van der Waals surface area contributed by atoms with Gasteiger partial charge in [-0.15, -0.1) is 0 Å². The van der Waals surface area contributed by atoms with Crippen molar-refractivity contribution in [1.82, 2.24) is 20.9 Å². The number of rotatable bonds is 16. The summed E-state index contributed by atoms with van der Waals surface area (Å²) >= 11 is 0. The first-order valence-electron chi connectivity index (χ1n) is 16.1. The van der Waals surface area contributed by atoms with Crippen LogP contribution in [0.3, 0.4) is 0 Å². The highest BCUT2D eigenvalue weighted by Crippen LogP contribution is 2.20. The molecule has 1 heterocycles. The van der Waals surface area contributed by atoms with Gasteiger partial charge >= 0.3 is 0 Å². The van der Waals surface area contributed by atoms with Gasteiger partial charge in [-0.2, -0.15) is 0 Å². The molecule has 3 aromatic rings. The Labute approximate surface area is 273 Å². The second-order valence-electron chi connectivity index (χ2n) is 11.9. The summed E-state index contributed by atoms with van der Waals surface area (Å²) < 4.78 is 27.3. The largest absolute Gasteiger partial charge is 0.390 e. The Hall–Kier alpha value is -3.77. The highest BCUT2D eigenvalue weighted by molar-refractivity contribution is 7.92. The average Bonchev–Trinajstić information content (AvgIpc) is 3.07. The molecule has 3 aromatic carbocycles. The van der Waals surface area contributed by atoms with E-state index in [0.29, 0.717) is 6.42 Å². The molecule has 11 heteroatoms. The molecule has 1 aliphatic heterocycles. The molecule has 0 radical (unpaired) electrons. The maximum Gasteiger partial charge on any atom is 0.251 e. The van der Waals surface area contributed by atoms with Gasteiger partial charge in [0, 0.05) is 30.8 Å². The number of nitrogens with zero attached hydrogens (tertiary/aromatic N) is 1. The zero-order chi connectivity index (χ0) is 32.9. The molecule has 1 aliphatic rings. The molecule has 1 saturated heterocycles. The molecule has 2 amide bonds. The molecule has 0 aliphatic carbocycles. The van der Waals surface area contributed by atoms with Crippen molar-refractivity contribution in [2.24, 2.45) is 0 Å². The number of hydrogen-bond acceptors (Lipinski definition) is 7. The Bertz CT molecular complexity index is 1510. The van der Waals surface area contributed by atoms with Crippen LogP contribution in [0.2, 0.25) is 0 Å². The van der Waals surface area contributed by atoms with E-state index in [-0.39, 0.29) is 35.2 Å². The minimum absolute atomic E-state index is 0.0946. The van der Waals surface area contributed by atoms with Gasteiger partial charge in [-0.1, -0.05) is 67.1 Å². The average molecular weight is 650 g/mol. The van der Waals surface area contributed by atoms with Crippen LogP contribution in [0, 0.1) is 0 Å². The zero-order valence-electron chi connectivity index (χ0n) is 26.7. The minimum atomic E-state index is -3.69. The number of carbonyl (C=O) groups is 2. The van der Waals surface area contributed by atoms with Crippen molar-refractivity contribution in [1.29, 1.82) is 0 Å². The lowest BCUT2D eigenvalue weighted by molar-refractivity contribution is 0.0828. The first kappa shape index (κ1) is 35.1. The lowest BCUT2D eigenvalue weighted by Crippen LogP contribution is -2.49. The van der Waals surface area contributed by atoms with Gasteiger partial charge in [0.1, 0.15) is 0 Å². The second-order valence-corrected chi connectivity index (χ2v) is 13.9. The summed E-state index contributed by atoms with van der Waals surface area (Å²) in [5.41, 5.74) is 2.17. The maximum absolute atomic E-state index is 13.7. The summed E-state index contributed by atoms with van der Waals surface area (Å²) in [6.07, 6.45) is 3.18. The first-order chi connectivity index (χ1) is 22.1. The fourth-order valence-electron chi connectivity index (χ4n) is 5.52. The third-order valence-electron chi connectivity index (χ3n) is 8.24. The molecule has 3 atom stereocenters. The van der Waals surface area contributed by atoms with Gasteiger partial charge in [0.2, 0.25) is 10.0 Å². The van der Waals surface area contributed by atoms with E-state index >= 15 is 0 Å². The lowest BCUT2D eigenvalue weighted by atomic mass is 10.00. The van der Waals surface area contributed by atoms with E-state index in [1.54, 1.807) is 0 Å². The number of piperidine rings is 1. The molecule has 0 bridgehead atoms. The molecule has 0 saturated carbocycles. The molecule has 4 rings (SSSR count). The predicted octanol–water partition coefficient (Wildman–Crippen LogP) is 3.72. The van der Waals surface area contributed by atoms with Gasteiger partial charge in [0.25, 0.3) is 11.8 Å². The Morgan fingerprint density at radius 1 is 0.870 bits per heavy atom. The van der Waals surface area contributed by atoms with Crippen molar-refractivity contribution in [3.63, 3.8) is 0 Å². The van der Waals surface area contributed by atoms with Crippen LogP contribution < -0.4 is 20.7 Å². The molecular formula is C35H47N5O5S. The van der Waals surface area contributed by atoms with Crippen molar-refractivity contribution in [3.05, 3.63) is 101 Å². The standard InChI is InChI=1S/C35H47N5O5S/c1-3-46(44,45)39-31-23-29(34(42)37-26(2)28-15-9-5-10-16-28)22-30(24-31)35(43)38-32(21-27-13-7-4-8-14-27)33(41)25-36-17-20-40-18-11-6-12-19-40/h4-5,7-10,13-16,22-24,26,32-33,36,39,41H,3,6,11-12,17-21,25H2,1-2H3,(H,37,42)(H,38,43). The molecule has 1 fully saturated rings. The number of amides is 2. The van der Waals surface area contributed by atoms with Crippen molar-refractivity contribution in [3.8, 4) is 0 Å². The quantitative estimate of drug-likeness (QED) is 0.149. The van der Waals surface area contributed by atoms with E-state index in [2.05, 4.69) is 25.6 Å². The molecule has 10 nitrogen and oxygen atoms in total. The highest BCUT2D eigenvalue weighted by atomic mass is 32.2. The van der Waals surface area contributed by atoms with E-state index in [0.717, 1.165) is 37.3 Å². The molecule has 46 heavy (non-hydrogen) atoms. The highest BCUT2D eigenvalue weighted by Gasteiger charge is 2.24. The Morgan fingerprint density at radius 3 is 2.11 bits per heavy atom. The predicted molar refractivity (Wildman–Crippen MR) is 182 cm³/mol. The molecular weight excluding hydrogens is 602 g/mol. The van der Waals surface area contributed by atoms with Gasteiger partial charge in [-0.05, 0) is 75.5 Å². The van der Waals surface area contributed by atoms with Crippen molar-refractivity contribution >= 4 is 27.5 Å². The summed E-state index contributed by atoms with van der Waals surface area (Å²) in [5.74, 6) is -1.16. The molecule has 3 unspecified atom stereocenters. The van der Waals surface area contributed by atoms with Crippen LogP contribution in [-0.2, 0) is 16.4 Å². The van der Waals surface area contributed by atoms with Crippen molar-refractivity contribution in [2.75, 3.05) is 43.2 Å². The van der Waals surface area contributed by atoms with Crippen LogP contribution in [0.4, 0.5) is 5.69 Å². The molecule has 0 aromatic heterocycles. The van der Waals surface area contributed by atoms with E-state index < -0.39 is 34.0 Å². The fraction of sp³-hybridized carbons (Fsp3) is 0.429. The Balaban J connectivity index is 1.52. The number of hydrogen-bond donors (Lipinski definition) is 5. The van der Waals surface area contributed by atoms with E-state index in [1.165, 1.54) is 44.4 Å². The SMILES string of the molecule is CCS(=O)(=O)Nc1cc(C(=O)NC(C)c2ccccc2)cc(C(=O)NC(Cc2ccccc2)C(O)CNCCN2CCCCC2)c1. The normalized spacial score (nSPS) is 15.8. The first-order valence-corrected chi connectivity index (χ1v) is 17.8. The number of aliphatic hydroxyl groups is 1. The number of aliphatic hydroxyl groups excluding tert-OH is 1. The summed E-state index contributed by atoms with van der Waals surface area (Å²) in [4.78, 5) is 29.5. The van der Waals surface area contributed by atoms with E-state index in [4.69, 9.17) is 0 Å². The van der Waals surface area contributed by atoms with Gasteiger partial charge in [0.15, 0.2) is 0 Å². The van der Waals surface area contributed by atoms with Crippen molar-refractivity contribution in [2.45, 2.75) is 57.7 Å². The monoisotopic (exact) mass is 649 g/mol. The van der Waals surface area contributed by atoms with E-state index in [1.807, 2.05) is 67.6 Å². The topological polar surface area (TPSA) is 140 Å². The minimum Gasteiger partial charge on any atom is -0.390 e. The number of carbonyl (C=O) groups excluding carboxylic acids is 2. The molecule has 248 valence electrons. The van der Waals surface area contributed by atoms with Gasteiger partial charge in [-0.25, -0.2) is 8.42 Å². The molecule has 5 N–H and O–H groups in total. The summed E-state index contributed by atoms with van der Waals surface area (Å²) in [7, 11) is -3.69.